The van der Waals surface area contributed by atoms with Gasteiger partial charge in [-0.25, -0.2) is 14.8 Å². The molecule has 0 amide bonds. The molecule has 82 valence electrons. The third-order valence-electron chi connectivity index (χ3n) is 2.01. The first-order chi connectivity index (χ1) is 7.17. The molecular weight excluding hydrogens is 194 g/mol. The molecule has 1 aromatic heterocycles. The molecule has 1 rings (SSSR count). The van der Waals surface area contributed by atoms with Gasteiger partial charge in [-0.2, -0.15) is 0 Å². The average molecular weight is 209 g/mol. The van der Waals surface area contributed by atoms with E-state index in [0.29, 0.717) is 5.82 Å². The van der Waals surface area contributed by atoms with Crippen molar-refractivity contribution in [3.05, 3.63) is 18.1 Å². The summed E-state index contributed by atoms with van der Waals surface area (Å²) in [6.45, 7) is 3.73. The van der Waals surface area contributed by atoms with Crippen molar-refractivity contribution in [2.45, 2.75) is 26.3 Å². The van der Waals surface area contributed by atoms with Gasteiger partial charge in [0.1, 0.15) is 18.2 Å². The predicted molar refractivity (Wildman–Crippen MR) is 56.5 cm³/mol. The number of carbonyl (C=O) groups excluding carboxylic acids is 1. The van der Waals surface area contributed by atoms with E-state index < -0.39 is 6.04 Å². The minimum absolute atomic E-state index is 0.313. The molecule has 1 atom stereocenters. The number of nitrogens with one attached hydrogen (secondary N) is 1. The van der Waals surface area contributed by atoms with E-state index in [-0.39, 0.29) is 5.97 Å². The number of ether oxygens (including phenoxy) is 1. The Morgan fingerprint density at radius 2 is 2.33 bits per heavy atom. The molecule has 0 bridgehead atoms. The molecule has 0 aliphatic carbocycles. The molecule has 5 heteroatoms. The van der Waals surface area contributed by atoms with E-state index >= 15 is 0 Å². The Morgan fingerprint density at radius 1 is 1.60 bits per heavy atom. The smallest absolute Gasteiger partial charge is 0.328 e. The lowest BCUT2D eigenvalue weighted by molar-refractivity contribution is -0.141. The van der Waals surface area contributed by atoms with Crippen LogP contribution in [0.3, 0.4) is 0 Å². The average Bonchev–Trinajstić information content (AvgIpc) is 2.28. The Bertz CT molecular complexity index is 341. The summed E-state index contributed by atoms with van der Waals surface area (Å²) in [5.41, 5.74) is 0.935. The number of nitrogens with zero attached hydrogens (tertiary/aromatic N) is 2. The molecular formula is C10H15N3O2. The maximum atomic E-state index is 11.1. The van der Waals surface area contributed by atoms with Crippen molar-refractivity contribution in [3.8, 4) is 0 Å². The summed E-state index contributed by atoms with van der Waals surface area (Å²) in [4.78, 5) is 19.2. The van der Waals surface area contributed by atoms with Crippen molar-refractivity contribution < 1.29 is 9.53 Å². The third kappa shape index (κ3) is 3.19. The topological polar surface area (TPSA) is 64.1 Å². The van der Waals surface area contributed by atoms with E-state index in [2.05, 4.69) is 20.0 Å². The number of esters is 1. The van der Waals surface area contributed by atoms with Crippen molar-refractivity contribution in [3.63, 3.8) is 0 Å². The molecule has 15 heavy (non-hydrogen) atoms. The number of hydrogen-bond donors (Lipinski definition) is 1. The summed E-state index contributed by atoms with van der Waals surface area (Å²) in [5, 5.41) is 2.94. The van der Waals surface area contributed by atoms with Gasteiger partial charge in [0.05, 0.1) is 7.11 Å². The van der Waals surface area contributed by atoms with E-state index in [1.54, 1.807) is 6.92 Å². The van der Waals surface area contributed by atoms with E-state index in [1.165, 1.54) is 13.4 Å². The van der Waals surface area contributed by atoms with Crippen LogP contribution in [-0.4, -0.2) is 29.1 Å². The van der Waals surface area contributed by atoms with Crippen molar-refractivity contribution in [1.29, 1.82) is 0 Å². The number of aryl methyl sites for hydroxylation is 1. The number of hydrogen-bond acceptors (Lipinski definition) is 5. The highest BCUT2D eigenvalue weighted by atomic mass is 16.5. The summed E-state index contributed by atoms with van der Waals surface area (Å²) >= 11 is 0. The fraction of sp³-hybridized carbons (Fsp3) is 0.500. The highest BCUT2D eigenvalue weighted by molar-refractivity contribution is 5.78. The van der Waals surface area contributed by atoms with Crippen LogP contribution in [0.15, 0.2) is 12.4 Å². The van der Waals surface area contributed by atoms with Gasteiger partial charge in [-0.15, -0.1) is 0 Å². The van der Waals surface area contributed by atoms with Gasteiger partial charge in [0.25, 0.3) is 0 Å². The van der Waals surface area contributed by atoms with Crippen LogP contribution in [0.25, 0.3) is 0 Å². The zero-order valence-electron chi connectivity index (χ0n) is 9.15. The van der Waals surface area contributed by atoms with Crippen LogP contribution < -0.4 is 5.32 Å². The summed E-state index contributed by atoms with van der Waals surface area (Å²) < 4.78 is 4.60. The maximum absolute atomic E-state index is 11.1. The quantitative estimate of drug-likeness (QED) is 0.750. The molecule has 1 unspecified atom stereocenters. The van der Waals surface area contributed by atoms with Gasteiger partial charge in [-0.1, -0.05) is 6.92 Å². The van der Waals surface area contributed by atoms with Gasteiger partial charge < -0.3 is 10.1 Å². The van der Waals surface area contributed by atoms with E-state index in [1.807, 2.05) is 13.0 Å². The molecule has 1 heterocycles. The van der Waals surface area contributed by atoms with Gasteiger partial charge in [0.15, 0.2) is 0 Å². The first-order valence-electron chi connectivity index (χ1n) is 4.82. The van der Waals surface area contributed by atoms with Gasteiger partial charge in [-0.3, -0.25) is 0 Å². The molecule has 0 saturated carbocycles. The summed E-state index contributed by atoms with van der Waals surface area (Å²) in [5.74, 6) is 0.325. The van der Waals surface area contributed by atoms with Crippen molar-refractivity contribution in [2.75, 3.05) is 12.4 Å². The molecule has 0 aliphatic heterocycles. The van der Waals surface area contributed by atoms with Gasteiger partial charge >= 0.3 is 5.97 Å². The second-order valence-electron chi connectivity index (χ2n) is 3.14. The SMILES string of the molecule is CCc1cc(NC(C)C(=O)OC)ncn1. The predicted octanol–water partition coefficient (Wildman–Crippen LogP) is 1.01. The number of aromatic nitrogens is 2. The summed E-state index contributed by atoms with van der Waals surface area (Å²) in [7, 11) is 1.36. The zero-order valence-corrected chi connectivity index (χ0v) is 9.15. The van der Waals surface area contributed by atoms with Crippen molar-refractivity contribution in [2.24, 2.45) is 0 Å². The standard InChI is InChI=1S/C10H15N3O2/c1-4-8-5-9(12-6-11-8)13-7(2)10(14)15-3/h5-7H,4H2,1-3H3,(H,11,12,13). The summed E-state index contributed by atoms with van der Waals surface area (Å²) in [6, 6.07) is 1.41. The normalized spacial score (nSPS) is 11.9. The zero-order chi connectivity index (χ0) is 11.3. The summed E-state index contributed by atoms with van der Waals surface area (Å²) in [6.07, 6.45) is 2.31. The highest BCUT2D eigenvalue weighted by Crippen LogP contribution is 2.06. The van der Waals surface area contributed by atoms with Crippen LogP contribution in [0.2, 0.25) is 0 Å². The largest absolute Gasteiger partial charge is 0.467 e. The minimum Gasteiger partial charge on any atom is -0.467 e. The van der Waals surface area contributed by atoms with Crippen molar-refractivity contribution in [1.82, 2.24) is 9.97 Å². The Morgan fingerprint density at radius 3 is 2.93 bits per heavy atom. The van der Waals surface area contributed by atoms with Crippen LogP contribution in [0.1, 0.15) is 19.5 Å². The molecule has 0 spiro atoms. The van der Waals surface area contributed by atoms with Gasteiger partial charge in [-0.05, 0) is 13.3 Å². The van der Waals surface area contributed by atoms with Crippen LogP contribution in [0.4, 0.5) is 5.82 Å². The lowest BCUT2D eigenvalue weighted by Gasteiger charge is -2.11. The van der Waals surface area contributed by atoms with Crippen LogP contribution in [0.5, 0.6) is 0 Å². The Balaban J connectivity index is 2.67. The second kappa shape index (κ2) is 5.29. The van der Waals surface area contributed by atoms with Gasteiger partial charge in [0, 0.05) is 11.8 Å². The Kier molecular flexibility index (Phi) is 4.03. The molecule has 0 fully saturated rings. The van der Waals surface area contributed by atoms with Gasteiger partial charge in [0.2, 0.25) is 0 Å². The molecule has 0 radical (unpaired) electrons. The monoisotopic (exact) mass is 209 g/mol. The number of anilines is 1. The van der Waals surface area contributed by atoms with Crippen LogP contribution in [0, 0.1) is 0 Å². The van der Waals surface area contributed by atoms with Crippen LogP contribution >= 0.6 is 0 Å². The molecule has 5 nitrogen and oxygen atoms in total. The number of rotatable bonds is 4. The lowest BCUT2D eigenvalue weighted by Crippen LogP contribution is -2.27. The number of methoxy groups -OCH3 is 1. The Labute approximate surface area is 88.9 Å². The lowest BCUT2D eigenvalue weighted by atomic mass is 10.3. The molecule has 1 N–H and O–H groups in total. The molecule has 0 aliphatic rings. The fourth-order valence-corrected chi connectivity index (χ4v) is 1.13. The highest BCUT2D eigenvalue weighted by Gasteiger charge is 2.12. The first kappa shape index (κ1) is 11.4. The van der Waals surface area contributed by atoms with E-state index in [9.17, 15) is 4.79 Å². The fourth-order valence-electron chi connectivity index (χ4n) is 1.13. The first-order valence-corrected chi connectivity index (χ1v) is 4.82. The minimum atomic E-state index is -0.408. The van der Waals surface area contributed by atoms with Crippen LogP contribution in [-0.2, 0) is 16.0 Å². The van der Waals surface area contributed by atoms with E-state index in [4.69, 9.17) is 0 Å². The van der Waals surface area contributed by atoms with Crippen molar-refractivity contribution >= 4 is 11.8 Å². The second-order valence-corrected chi connectivity index (χ2v) is 3.14. The molecule has 0 saturated heterocycles. The van der Waals surface area contributed by atoms with E-state index in [0.717, 1.165) is 12.1 Å². The maximum Gasteiger partial charge on any atom is 0.328 e. The number of carbonyl (C=O) groups is 1. The Hall–Kier alpha value is -1.65. The molecule has 0 aromatic carbocycles. The molecule has 1 aromatic rings. The third-order valence-corrected chi connectivity index (χ3v) is 2.01.